The monoisotopic (exact) mass is 487 g/mol. The van der Waals surface area contributed by atoms with E-state index in [1.54, 1.807) is 55.6 Å². The lowest BCUT2D eigenvalue weighted by Crippen LogP contribution is -2.44. The van der Waals surface area contributed by atoms with Gasteiger partial charge in [0.2, 0.25) is 0 Å². The third-order valence-corrected chi connectivity index (χ3v) is 6.25. The second kappa shape index (κ2) is 12.2. The van der Waals surface area contributed by atoms with Crippen molar-refractivity contribution >= 4 is 17.5 Å². The van der Waals surface area contributed by atoms with Gasteiger partial charge in [-0.2, -0.15) is 0 Å². The van der Waals surface area contributed by atoms with Crippen LogP contribution < -0.4 is 20.1 Å². The van der Waals surface area contributed by atoms with Crippen LogP contribution in [0.2, 0.25) is 0 Å². The first-order valence-electron chi connectivity index (χ1n) is 12.2. The number of rotatable bonds is 9. The molecular formula is C29H33N3O4. The highest BCUT2D eigenvalue weighted by atomic mass is 16.5. The topological polar surface area (TPSA) is 79.9 Å². The van der Waals surface area contributed by atoms with Crippen LogP contribution in [0.4, 0.5) is 5.69 Å². The third kappa shape index (κ3) is 7.33. The summed E-state index contributed by atoms with van der Waals surface area (Å²) in [5.74, 6) is 0.820. The highest BCUT2D eigenvalue weighted by molar-refractivity contribution is 5.94. The molecule has 1 fully saturated rings. The number of likely N-dealkylation sites (tertiary alicyclic amines) is 1. The van der Waals surface area contributed by atoms with E-state index in [1.807, 2.05) is 0 Å². The van der Waals surface area contributed by atoms with E-state index in [0.29, 0.717) is 22.7 Å². The molecule has 1 heterocycles. The predicted octanol–water partition coefficient (Wildman–Crippen LogP) is 4.42. The number of carbonyl (C=O) groups excluding carboxylic acids is 2. The zero-order chi connectivity index (χ0) is 25.3. The number of hydrogen-bond acceptors (Lipinski definition) is 5. The number of hydrogen-bond donors (Lipinski definition) is 2. The SMILES string of the molecule is COc1cccc(NC(=O)COc2ccc(C(=O)NC3CCN(Cc4cccc(C)c4)CC3)cc2)c1. The average Bonchev–Trinajstić information content (AvgIpc) is 2.89. The second-order valence-corrected chi connectivity index (χ2v) is 9.11. The van der Waals surface area contributed by atoms with Crippen molar-refractivity contribution < 1.29 is 19.1 Å². The van der Waals surface area contributed by atoms with E-state index in [9.17, 15) is 9.59 Å². The molecule has 0 radical (unpaired) electrons. The molecule has 3 aromatic carbocycles. The van der Waals surface area contributed by atoms with Crippen molar-refractivity contribution in [3.05, 3.63) is 89.5 Å². The van der Waals surface area contributed by atoms with Crippen molar-refractivity contribution in [2.45, 2.75) is 32.4 Å². The Balaban J connectivity index is 1.19. The maximum Gasteiger partial charge on any atom is 0.262 e. The molecule has 0 atom stereocenters. The van der Waals surface area contributed by atoms with Gasteiger partial charge in [0.1, 0.15) is 11.5 Å². The quantitative estimate of drug-likeness (QED) is 0.467. The molecule has 3 aromatic rings. The Bertz CT molecular complexity index is 1170. The Morgan fingerprint density at radius 3 is 2.42 bits per heavy atom. The van der Waals surface area contributed by atoms with Crippen molar-refractivity contribution in [2.24, 2.45) is 0 Å². The highest BCUT2D eigenvalue weighted by Gasteiger charge is 2.21. The summed E-state index contributed by atoms with van der Waals surface area (Å²) in [6.45, 7) is 4.85. The molecule has 1 aliphatic rings. The van der Waals surface area contributed by atoms with Gasteiger partial charge >= 0.3 is 0 Å². The van der Waals surface area contributed by atoms with Gasteiger partial charge in [0.15, 0.2) is 6.61 Å². The van der Waals surface area contributed by atoms with Crippen molar-refractivity contribution in [3.8, 4) is 11.5 Å². The van der Waals surface area contributed by atoms with E-state index in [2.05, 4.69) is 46.7 Å². The van der Waals surface area contributed by atoms with Crippen LogP contribution >= 0.6 is 0 Å². The number of piperidine rings is 1. The Hall–Kier alpha value is -3.84. The summed E-state index contributed by atoms with van der Waals surface area (Å²) >= 11 is 0. The van der Waals surface area contributed by atoms with Crippen LogP contribution in [0, 0.1) is 6.92 Å². The van der Waals surface area contributed by atoms with Gasteiger partial charge in [0.05, 0.1) is 7.11 Å². The van der Waals surface area contributed by atoms with Gasteiger partial charge in [0.25, 0.3) is 11.8 Å². The molecule has 0 aliphatic carbocycles. The van der Waals surface area contributed by atoms with Crippen LogP contribution in [0.3, 0.4) is 0 Å². The zero-order valence-electron chi connectivity index (χ0n) is 20.8. The van der Waals surface area contributed by atoms with Crippen LogP contribution in [0.15, 0.2) is 72.8 Å². The summed E-state index contributed by atoms with van der Waals surface area (Å²) in [6, 6.07) is 22.8. The molecular weight excluding hydrogens is 454 g/mol. The lowest BCUT2D eigenvalue weighted by Gasteiger charge is -2.32. The number of ether oxygens (including phenoxy) is 2. The molecule has 2 amide bonds. The molecule has 0 unspecified atom stereocenters. The summed E-state index contributed by atoms with van der Waals surface area (Å²) < 4.78 is 10.7. The summed E-state index contributed by atoms with van der Waals surface area (Å²) in [4.78, 5) is 27.3. The van der Waals surface area contributed by atoms with Gasteiger partial charge in [-0.05, 0) is 61.7 Å². The van der Waals surface area contributed by atoms with Gasteiger partial charge in [-0.25, -0.2) is 0 Å². The maximum absolute atomic E-state index is 12.7. The van der Waals surface area contributed by atoms with Crippen LogP contribution in [0.1, 0.15) is 34.3 Å². The first kappa shape index (κ1) is 25.3. The number of carbonyl (C=O) groups is 2. The van der Waals surface area contributed by atoms with E-state index in [-0.39, 0.29) is 24.5 Å². The smallest absolute Gasteiger partial charge is 0.262 e. The Labute approximate surface area is 212 Å². The number of nitrogens with one attached hydrogen (secondary N) is 2. The minimum atomic E-state index is -0.279. The molecule has 7 heteroatoms. The number of anilines is 1. The number of amides is 2. The molecule has 7 nitrogen and oxygen atoms in total. The Kier molecular flexibility index (Phi) is 8.57. The van der Waals surface area contributed by atoms with Crippen LogP contribution in [0.25, 0.3) is 0 Å². The molecule has 4 rings (SSSR count). The molecule has 0 saturated carbocycles. The van der Waals surface area contributed by atoms with Crippen LogP contribution in [0.5, 0.6) is 11.5 Å². The minimum absolute atomic E-state index is 0.0885. The van der Waals surface area contributed by atoms with E-state index >= 15 is 0 Å². The number of aryl methyl sites for hydroxylation is 1. The summed E-state index contributed by atoms with van der Waals surface area (Å²) in [5.41, 5.74) is 3.82. The van der Waals surface area contributed by atoms with Gasteiger partial charge in [-0.1, -0.05) is 35.9 Å². The molecule has 0 bridgehead atoms. The van der Waals surface area contributed by atoms with Crippen molar-refractivity contribution in [2.75, 3.05) is 32.1 Å². The van der Waals surface area contributed by atoms with Crippen molar-refractivity contribution in [1.29, 1.82) is 0 Å². The number of nitrogens with zero attached hydrogens (tertiary/aromatic N) is 1. The van der Waals surface area contributed by atoms with Gasteiger partial charge in [0, 0.05) is 43.0 Å². The molecule has 0 spiro atoms. The molecule has 2 N–H and O–H groups in total. The Morgan fingerprint density at radius 2 is 1.69 bits per heavy atom. The van der Waals surface area contributed by atoms with E-state index in [0.717, 1.165) is 32.5 Å². The lowest BCUT2D eigenvalue weighted by atomic mass is 10.0. The summed E-state index contributed by atoms with van der Waals surface area (Å²) in [6.07, 6.45) is 1.86. The number of benzene rings is 3. The summed E-state index contributed by atoms with van der Waals surface area (Å²) in [5, 5.41) is 5.92. The second-order valence-electron chi connectivity index (χ2n) is 9.11. The lowest BCUT2D eigenvalue weighted by molar-refractivity contribution is -0.118. The largest absolute Gasteiger partial charge is 0.497 e. The van der Waals surface area contributed by atoms with Gasteiger partial charge < -0.3 is 20.1 Å². The zero-order valence-corrected chi connectivity index (χ0v) is 20.8. The first-order valence-corrected chi connectivity index (χ1v) is 12.2. The molecule has 36 heavy (non-hydrogen) atoms. The first-order chi connectivity index (χ1) is 17.5. The van der Waals surface area contributed by atoms with Gasteiger partial charge in [-0.15, -0.1) is 0 Å². The molecule has 188 valence electrons. The van der Waals surface area contributed by atoms with E-state index in [1.165, 1.54) is 11.1 Å². The molecule has 0 aromatic heterocycles. The number of methoxy groups -OCH3 is 1. The van der Waals surface area contributed by atoms with Crippen molar-refractivity contribution in [1.82, 2.24) is 10.2 Å². The summed E-state index contributed by atoms with van der Waals surface area (Å²) in [7, 11) is 1.57. The van der Waals surface area contributed by atoms with Gasteiger partial charge in [-0.3, -0.25) is 14.5 Å². The third-order valence-electron chi connectivity index (χ3n) is 6.25. The normalized spacial score (nSPS) is 14.2. The molecule has 1 saturated heterocycles. The average molecular weight is 488 g/mol. The van der Waals surface area contributed by atoms with E-state index in [4.69, 9.17) is 9.47 Å². The standard InChI is InChI=1S/C29H33N3O4/c1-21-5-3-6-22(17-21)19-32-15-13-24(14-16-32)31-29(34)23-9-11-26(12-10-23)36-20-28(33)30-25-7-4-8-27(18-25)35-2/h3-12,17-18,24H,13-16,19-20H2,1-2H3,(H,30,33)(H,31,34). The fourth-order valence-electron chi connectivity index (χ4n) is 4.32. The highest BCUT2D eigenvalue weighted by Crippen LogP contribution is 2.18. The predicted molar refractivity (Wildman–Crippen MR) is 141 cm³/mol. The Morgan fingerprint density at radius 1 is 0.944 bits per heavy atom. The minimum Gasteiger partial charge on any atom is -0.497 e. The van der Waals surface area contributed by atoms with Crippen LogP contribution in [-0.2, 0) is 11.3 Å². The maximum atomic E-state index is 12.7. The van der Waals surface area contributed by atoms with E-state index < -0.39 is 0 Å². The van der Waals surface area contributed by atoms with Crippen LogP contribution in [-0.4, -0.2) is 49.6 Å². The van der Waals surface area contributed by atoms with Crippen molar-refractivity contribution in [3.63, 3.8) is 0 Å². The fraction of sp³-hybridized carbons (Fsp3) is 0.310. The molecule has 1 aliphatic heterocycles. The fourth-order valence-corrected chi connectivity index (χ4v) is 4.32.